The van der Waals surface area contributed by atoms with E-state index in [2.05, 4.69) is 36.2 Å². The third-order valence-electron chi connectivity index (χ3n) is 5.21. The van der Waals surface area contributed by atoms with Crippen molar-refractivity contribution >= 4 is 5.91 Å². The summed E-state index contributed by atoms with van der Waals surface area (Å²) in [6.07, 6.45) is 7.47. The van der Waals surface area contributed by atoms with E-state index in [4.69, 9.17) is 0 Å². The summed E-state index contributed by atoms with van der Waals surface area (Å²) in [5.41, 5.74) is 0.0353. The average molecular weight is 248 g/mol. The molecule has 0 aromatic carbocycles. The lowest BCUT2D eigenvalue weighted by Crippen LogP contribution is -2.47. The van der Waals surface area contributed by atoms with Gasteiger partial charge in [0, 0.05) is 31.6 Å². The van der Waals surface area contributed by atoms with Gasteiger partial charge in [0.05, 0.1) is 0 Å². The molecule has 2 saturated heterocycles. The fourth-order valence-electron chi connectivity index (χ4n) is 4.04. The SMILES string of the molecule is CC1(C)C2CNCC2CN1C(=O)CC1C=CCC1. The van der Waals surface area contributed by atoms with Gasteiger partial charge >= 0.3 is 0 Å². The first-order valence-corrected chi connectivity index (χ1v) is 7.27. The number of fused-ring (bicyclic) bond motifs is 1. The van der Waals surface area contributed by atoms with E-state index in [0.717, 1.165) is 32.5 Å². The maximum atomic E-state index is 12.5. The Morgan fingerprint density at radius 1 is 1.44 bits per heavy atom. The molecule has 0 aromatic rings. The monoisotopic (exact) mass is 248 g/mol. The largest absolute Gasteiger partial charge is 0.337 e. The van der Waals surface area contributed by atoms with Gasteiger partial charge in [0.25, 0.3) is 0 Å². The molecule has 3 atom stereocenters. The average Bonchev–Trinajstić information content (AvgIpc) is 2.98. The molecule has 3 aliphatic rings. The molecule has 2 fully saturated rings. The second-order valence-corrected chi connectivity index (χ2v) is 6.65. The third kappa shape index (κ3) is 1.89. The smallest absolute Gasteiger partial charge is 0.223 e. The summed E-state index contributed by atoms with van der Waals surface area (Å²) >= 11 is 0. The highest BCUT2D eigenvalue weighted by molar-refractivity contribution is 5.78. The lowest BCUT2D eigenvalue weighted by Gasteiger charge is -2.36. The Hall–Kier alpha value is -0.830. The topological polar surface area (TPSA) is 32.3 Å². The molecule has 1 aliphatic carbocycles. The van der Waals surface area contributed by atoms with Gasteiger partial charge < -0.3 is 10.2 Å². The minimum atomic E-state index is 0.0353. The van der Waals surface area contributed by atoms with Gasteiger partial charge in [-0.3, -0.25) is 4.79 Å². The minimum absolute atomic E-state index is 0.0353. The molecule has 0 spiro atoms. The van der Waals surface area contributed by atoms with Crippen molar-refractivity contribution in [3.8, 4) is 0 Å². The summed E-state index contributed by atoms with van der Waals surface area (Å²) in [4.78, 5) is 14.7. The second kappa shape index (κ2) is 4.37. The highest BCUT2D eigenvalue weighted by Crippen LogP contribution is 2.41. The molecule has 0 radical (unpaired) electrons. The van der Waals surface area contributed by atoms with E-state index >= 15 is 0 Å². The van der Waals surface area contributed by atoms with Crippen LogP contribution in [0.15, 0.2) is 12.2 Å². The molecule has 0 bridgehead atoms. The Bertz CT molecular complexity index is 375. The number of likely N-dealkylation sites (tertiary alicyclic amines) is 1. The first kappa shape index (κ1) is 12.2. The summed E-state index contributed by atoms with van der Waals surface area (Å²) < 4.78 is 0. The predicted molar refractivity (Wildman–Crippen MR) is 72.1 cm³/mol. The van der Waals surface area contributed by atoms with Gasteiger partial charge in [-0.2, -0.15) is 0 Å². The molecule has 1 amide bonds. The van der Waals surface area contributed by atoms with Gasteiger partial charge in [-0.05, 0) is 44.4 Å². The van der Waals surface area contributed by atoms with Gasteiger partial charge in [-0.25, -0.2) is 0 Å². The maximum Gasteiger partial charge on any atom is 0.223 e. The van der Waals surface area contributed by atoms with Gasteiger partial charge in [-0.1, -0.05) is 12.2 Å². The predicted octanol–water partition coefficient (Wildman–Crippen LogP) is 1.80. The summed E-state index contributed by atoms with van der Waals surface area (Å²) in [6, 6.07) is 0. The molecule has 0 aromatic heterocycles. The number of nitrogens with one attached hydrogen (secondary N) is 1. The van der Waals surface area contributed by atoms with Crippen LogP contribution >= 0.6 is 0 Å². The molecule has 3 rings (SSSR count). The lowest BCUT2D eigenvalue weighted by molar-refractivity contribution is -0.135. The van der Waals surface area contributed by atoms with E-state index in [1.54, 1.807) is 0 Å². The van der Waals surface area contributed by atoms with Crippen LogP contribution in [0.2, 0.25) is 0 Å². The fourth-order valence-corrected chi connectivity index (χ4v) is 4.04. The zero-order valence-corrected chi connectivity index (χ0v) is 11.5. The molecule has 3 heteroatoms. The molecule has 2 aliphatic heterocycles. The summed E-state index contributed by atoms with van der Waals surface area (Å²) in [5, 5.41) is 3.46. The molecule has 2 heterocycles. The zero-order valence-electron chi connectivity index (χ0n) is 11.5. The van der Waals surface area contributed by atoms with Crippen molar-refractivity contribution in [3.63, 3.8) is 0 Å². The molecular formula is C15H24N2O. The number of hydrogen-bond acceptors (Lipinski definition) is 2. The van der Waals surface area contributed by atoms with Crippen LogP contribution < -0.4 is 5.32 Å². The number of rotatable bonds is 2. The summed E-state index contributed by atoms with van der Waals surface area (Å²) in [5.74, 6) is 2.17. The van der Waals surface area contributed by atoms with Crippen LogP contribution in [0.25, 0.3) is 0 Å². The normalized spacial score (nSPS) is 37.2. The van der Waals surface area contributed by atoms with Crippen LogP contribution in [-0.2, 0) is 4.79 Å². The number of allylic oxidation sites excluding steroid dienone is 2. The Morgan fingerprint density at radius 3 is 2.94 bits per heavy atom. The zero-order chi connectivity index (χ0) is 12.8. The Morgan fingerprint density at radius 2 is 2.28 bits per heavy atom. The van der Waals surface area contributed by atoms with Crippen molar-refractivity contribution in [1.82, 2.24) is 10.2 Å². The number of carbonyl (C=O) groups is 1. The van der Waals surface area contributed by atoms with E-state index < -0.39 is 0 Å². The molecule has 18 heavy (non-hydrogen) atoms. The van der Waals surface area contributed by atoms with Crippen LogP contribution in [0.3, 0.4) is 0 Å². The number of amides is 1. The van der Waals surface area contributed by atoms with Crippen molar-refractivity contribution < 1.29 is 4.79 Å². The Balaban J connectivity index is 1.68. The molecule has 100 valence electrons. The second-order valence-electron chi connectivity index (χ2n) is 6.65. The van der Waals surface area contributed by atoms with E-state index in [1.165, 1.54) is 0 Å². The number of hydrogen-bond donors (Lipinski definition) is 1. The van der Waals surface area contributed by atoms with Gasteiger partial charge in [0.1, 0.15) is 0 Å². The van der Waals surface area contributed by atoms with Crippen LogP contribution in [0.1, 0.15) is 33.1 Å². The van der Waals surface area contributed by atoms with Crippen molar-refractivity contribution in [2.45, 2.75) is 38.6 Å². The molecule has 3 nitrogen and oxygen atoms in total. The van der Waals surface area contributed by atoms with Gasteiger partial charge in [-0.15, -0.1) is 0 Å². The Labute approximate surface area is 110 Å². The standard InChI is InChI=1S/C15H24N2O/c1-15(2)13-9-16-8-12(13)10-17(15)14(18)7-11-5-3-4-6-11/h3,5,11-13,16H,4,6-10H2,1-2H3. The summed E-state index contributed by atoms with van der Waals surface area (Å²) in [7, 11) is 0. The number of carbonyl (C=O) groups excluding carboxylic acids is 1. The van der Waals surface area contributed by atoms with E-state index in [9.17, 15) is 4.79 Å². The summed E-state index contributed by atoms with van der Waals surface area (Å²) in [6.45, 7) is 7.60. The van der Waals surface area contributed by atoms with Gasteiger partial charge in [0.15, 0.2) is 0 Å². The van der Waals surface area contributed by atoms with Crippen LogP contribution in [0.4, 0.5) is 0 Å². The van der Waals surface area contributed by atoms with Crippen molar-refractivity contribution in [2.24, 2.45) is 17.8 Å². The fraction of sp³-hybridized carbons (Fsp3) is 0.800. The Kier molecular flexibility index (Phi) is 2.97. The van der Waals surface area contributed by atoms with Gasteiger partial charge in [0.2, 0.25) is 5.91 Å². The van der Waals surface area contributed by atoms with Crippen LogP contribution in [-0.4, -0.2) is 36.0 Å². The molecule has 0 saturated carbocycles. The highest BCUT2D eigenvalue weighted by Gasteiger charge is 2.51. The number of nitrogens with zero attached hydrogens (tertiary/aromatic N) is 1. The highest BCUT2D eigenvalue weighted by atomic mass is 16.2. The minimum Gasteiger partial charge on any atom is -0.337 e. The molecule has 3 unspecified atom stereocenters. The first-order chi connectivity index (χ1) is 8.59. The lowest BCUT2D eigenvalue weighted by atomic mass is 9.84. The maximum absolute atomic E-state index is 12.5. The van der Waals surface area contributed by atoms with Crippen LogP contribution in [0.5, 0.6) is 0 Å². The van der Waals surface area contributed by atoms with E-state index in [-0.39, 0.29) is 5.54 Å². The molecular weight excluding hydrogens is 224 g/mol. The van der Waals surface area contributed by atoms with E-state index in [1.807, 2.05) is 0 Å². The quantitative estimate of drug-likeness (QED) is 0.756. The van der Waals surface area contributed by atoms with Crippen molar-refractivity contribution in [3.05, 3.63) is 12.2 Å². The molecule has 1 N–H and O–H groups in total. The van der Waals surface area contributed by atoms with E-state index in [0.29, 0.717) is 30.1 Å². The third-order valence-corrected chi connectivity index (χ3v) is 5.21. The van der Waals surface area contributed by atoms with Crippen molar-refractivity contribution in [2.75, 3.05) is 19.6 Å². The first-order valence-electron chi connectivity index (χ1n) is 7.27. The van der Waals surface area contributed by atoms with Crippen LogP contribution in [0, 0.1) is 17.8 Å². The van der Waals surface area contributed by atoms with Crippen molar-refractivity contribution in [1.29, 1.82) is 0 Å².